The van der Waals surface area contributed by atoms with Crippen LogP contribution in [0.5, 0.6) is 0 Å². The van der Waals surface area contributed by atoms with Gasteiger partial charge in [0.25, 0.3) is 0 Å². The molecule has 1 saturated heterocycles. The lowest BCUT2D eigenvalue weighted by molar-refractivity contribution is -0.110. The topological polar surface area (TPSA) is 64.1 Å². The third-order valence-corrected chi connectivity index (χ3v) is 8.57. The minimum atomic E-state index is -1.12. The van der Waals surface area contributed by atoms with Gasteiger partial charge in [-0.15, -0.1) is 0 Å². The quantitative estimate of drug-likeness (QED) is 0.397. The number of aliphatic hydroxyl groups is 1. The molecule has 0 spiro atoms. The van der Waals surface area contributed by atoms with E-state index in [0.29, 0.717) is 37.4 Å². The van der Waals surface area contributed by atoms with Gasteiger partial charge in [0.1, 0.15) is 12.1 Å². The van der Waals surface area contributed by atoms with Crippen LogP contribution >= 0.6 is 0 Å². The number of likely N-dealkylation sites (N-methyl/N-ethyl adjacent to an activating group) is 1. The van der Waals surface area contributed by atoms with Gasteiger partial charge in [-0.25, -0.2) is 12.9 Å². The maximum Gasteiger partial charge on any atom is 0.138 e. The molecule has 3 atom stereocenters. The van der Waals surface area contributed by atoms with Crippen LogP contribution in [0.4, 0.5) is 4.39 Å². The van der Waals surface area contributed by atoms with E-state index in [-0.39, 0.29) is 23.3 Å². The van der Waals surface area contributed by atoms with Crippen LogP contribution in [0.2, 0.25) is 0 Å². The average molecular weight is 562 g/mol. The van der Waals surface area contributed by atoms with Crippen molar-refractivity contribution >= 4 is 17.3 Å². The molecule has 0 bridgehead atoms. The molecule has 1 aliphatic heterocycles. The highest BCUT2D eigenvalue weighted by atomic mass is 32.2. The third kappa shape index (κ3) is 9.87. The molecule has 2 unspecified atom stereocenters. The largest absolute Gasteiger partial charge is 0.400 e. The zero-order chi connectivity index (χ0) is 29.3. The van der Waals surface area contributed by atoms with E-state index in [2.05, 4.69) is 56.8 Å². The number of hydrogen-bond acceptors (Lipinski definition) is 5. The summed E-state index contributed by atoms with van der Waals surface area (Å²) in [4.78, 5) is 16.1. The van der Waals surface area contributed by atoms with Gasteiger partial charge in [0.15, 0.2) is 0 Å². The highest BCUT2D eigenvalue weighted by Crippen LogP contribution is 2.29. The number of carbonyl (C=O) groups is 1. The number of aldehydes is 1. The Hall–Kier alpha value is -1.97. The van der Waals surface area contributed by atoms with E-state index in [1.165, 1.54) is 0 Å². The van der Waals surface area contributed by atoms with Gasteiger partial charge in [0.05, 0.1) is 17.0 Å². The van der Waals surface area contributed by atoms with E-state index in [1.807, 2.05) is 38.1 Å². The van der Waals surface area contributed by atoms with Crippen molar-refractivity contribution in [1.29, 1.82) is 0 Å². The summed E-state index contributed by atoms with van der Waals surface area (Å²) in [5, 5.41) is 7.00. The first-order valence-corrected chi connectivity index (χ1v) is 14.9. The molecule has 0 aromatic heterocycles. The lowest BCUT2D eigenvalue weighted by Gasteiger charge is -2.38. The summed E-state index contributed by atoms with van der Waals surface area (Å²) in [6, 6.07) is 12.1. The molecule has 0 amide bonds. The van der Waals surface area contributed by atoms with Crippen LogP contribution in [0, 0.1) is 25.1 Å². The summed E-state index contributed by atoms with van der Waals surface area (Å²) in [7, 11) is 4.06. The minimum absolute atomic E-state index is 0.116. The van der Waals surface area contributed by atoms with E-state index >= 15 is 4.39 Å². The highest BCUT2D eigenvalue weighted by molar-refractivity contribution is 7.82. The summed E-state index contributed by atoms with van der Waals surface area (Å²) in [6.07, 6.45) is 2.53. The fourth-order valence-corrected chi connectivity index (χ4v) is 6.61. The van der Waals surface area contributed by atoms with Crippen molar-refractivity contribution in [3.8, 4) is 0 Å². The summed E-state index contributed by atoms with van der Waals surface area (Å²) < 4.78 is 29.6. The molecule has 39 heavy (non-hydrogen) atoms. The first kappa shape index (κ1) is 33.2. The van der Waals surface area contributed by atoms with Gasteiger partial charge >= 0.3 is 0 Å². The third-order valence-electron chi connectivity index (χ3n) is 7.06. The number of aliphatic hydroxyl groups excluding tert-OH is 1. The van der Waals surface area contributed by atoms with Crippen LogP contribution in [-0.4, -0.2) is 75.3 Å². The zero-order valence-electron chi connectivity index (χ0n) is 25.0. The Morgan fingerprint density at radius 2 is 1.74 bits per heavy atom. The summed E-state index contributed by atoms with van der Waals surface area (Å²) in [6.45, 7) is 13.1. The fourth-order valence-electron chi connectivity index (χ4n) is 5.18. The maximum atomic E-state index is 15.3. The van der Waals surface area contributed by atoms with Crippen molar-refractivity contribution in [2.45, 2.75) is 79.2 Å². The van der Waals surface area contributed by atoms with Crippen LogP contribution in [0.15, 0.2) is 36.4 Å². The molecule has 0 radical (unpaired) electrons. The van der Waals surface area contributed by atoms with Crippen molar-refractivity contribution in [3.63, 3.8) is 0 Å². The van der Waals surface area contributed by atoms with Crippen LogP contribution < -0.4 is 0 Å². The van der Waals surface area contributed by atoms with Crippen LogP contribution in [0.1, 0.15) is 61.4 Å². The second-order valence-corrected chi connectivity index (χ2v) is 13.5. The Balaban J connectivity index is 0.00000260. The molecule has 1 N–H and O–H groups in total. The normalized spacial score (nSPS) is 18.8. The molecule has 1 heterocycles. The van der Waals surface area contributed by atoms with Gasteiger partial charge < -0.3 is 14.8 Å². The zero-order valence-corrected chi connectivity index (χ0v) is 25.9. The molecular weight excluding hydrogens is 513 g/mol. The Labute approximate surface area is 237 Å². The smallest absolute Gasteiger partial charge is 0.138 e. The number of carbonyl (C=O) groups excluding carboxylic acids is 1. The van der Waals surface area contributed by atoms with E-state index in [4.69, 9.17) is 5.11 Å². The van der Waals surface area contributed by atoms with Crippen LogP contribution in [0.25, 0.3) is 0 Å². The number of hydrogen-bond donors (Lipinski definition) is 1. The van der Waals surface area contributed by atoms with Crippen molar-refractivity contribution in [3.05, 3.63) is 70.0 Å². The van der Waals surface area contributed by atoms with E-state index in [9.17, 15) is 9.00 Å². The monoisotopic (exact) mass is 561 g/mol. The number of rotatable bonds is 11. The first-order chi connectivity index (χ1) is 18.4. The lowest BCUT2D eigenvalue weighted by Crippen LogP contribution is -2.43. The second kappa shape index (κ2) is 15.1. The standard InChI is InChI=1S/C30H44FN3O2S.CH4O/c1-22-11-12-23(2)29(31)28(22)20-33(27(19-32(6)7)16-30(3,4)5)17-24-9-8-10-25(15-24)18-34-26(21-35)13-14-37(34)36;1-2/h8-12,15,21,26-27H,13-14,16-20H2,1-7H3;2H,1H3/t26?,27-,37?;/m0./s1. The van der Waals surface area contributed by atoms with Crippen molar-refractivity contribution in [1.82, 2.24) is 14.1 Å². The van der Waals surface area contributed by atoms with E-state index < -0.39 is 11.0 Å². The number of nitrogens with zero attached hydrogens (tertiary/aromatic N) is 3. The summed E-state index contributed by atoms with van der Waals surface area (Å²) in [5.41, 5.74) is 4.69. The molecule has 1 aliphatic rings. The molecular formula is C31H48FN3O3S. The number of aryl methyl sites for hydroxylation is 2. The lowest BCUT2D eigenvalue weighted by atomic mass is 9.86. The van der Waals surface area contributed by atoms with Gasteiger partial charge in [-0.1, -0.05) is 57.2 Å². The number of halogens is 1. The first-order valence-electron chi connectivity index (χ1n) is 13.6. The van der Waals surface area contributed by atoms with E-state index in [1.54, 1.807) is 4.31 Å². The SMILES string of the molecule is CO.Cc1ccc(C)c(CN(Cc2cccc(CN3C(C=O)CCS3=O)c2)[C@H](CN(C)C)CC(C)(C)C)c1F. The van der Waals surface area contributed by atoms with Crippen molar-refractivity contribution in [2.75, 3.05) is 33.5 Å². The number of benzene rings is 2. The molecule has 2 aromatic carbocycles. The average Bonchev–Trinajstić information content (AvgIpc) is 3.22. The Morgan fingerprint density at radius 3 is 2.36 bits per heavy atom. The molecule has 1 fully saturated rings. The fraction of sp³-hybridized carbons (Fsp3) is 0.581. The van der Waals surface area contributed by atoms with Crippen LogP contribution in [0.3, 0.4) is 0 Å². The predicted molar refractivity (Wildman–Crippen MR) is 159 cm³/mol. The Bertz CT molecular complexity index is 1100. The second-order valence-electron chi connectivity index (χ2n) is 12.0. The maximum absolute atomic E-state index is 15.3. The predicted octanol–water partition coefficient (Wildman–Crippen LogP) is 4.86. The molecule has 8 heteroatoms. The summed E-state index contributed by atoms with van der Waals surface area (Å²) >= 11 is 0. The van der Waals surface area contributed by atoms with Gasteiger partial charge in [0, 0.05) is 50.6 Å². The Morgan fingerprint density at radius 1 is 1.10 bits per heavy atom. The van der Waals surface area contributed by atoms with Gasteiger partial charge in [-0.05, 0) is 68.5 Å². The molecule has 218 valence electrons. The Kier molecular flexibility index (Phi) is 12.9. The molecule has 2 aromatic rings. The molecule has 0 saturated carbocycles. The van der Waals surface area contributed by atoms with E-state index in [0.717, 1.165) is 48.6 Å². The van der Waals surface area contributed by atoms with Crippen molar-refractivity contribution in [2.24, 2.45) is 5.41 Å². The highest BCUT2D eigenvalue weighted by Gasteiger charge is 2.31. The summed E-state index contributed by atoms with van der Waals surface area (Å²) in [5.74, 6) is 0.423. The van der Waals surface area contributed by atoms with Gasteiger partial charge in [0.2, 0.25) is 0 Å². The minimum Gasteiger partial charge on any atom is -0.400 e. The van der Waals surface area contributed by atoms with Crippen molar-refractivity contribution < 1.29 is 18.5 Å². The van der Waals surface area contributed by atoms with Gasteiger partial charge in [-0.3, -0.25) is 4.90 Å². The van der Waals surface area contributed by atoms with Crippen LogP contribution in [-0.2, 0) is 35.4 Å². The molecule has 3 rings (SSSR count). The molecule has 6 nitrogen and oxygen atoms in total. The van der Waals surface area contributed by atoms with Gasteiger partial charge in [-0.2, -0.15) is 0 Å². The molecule has 0 aliphatic carbocycles.